The van der Waals surface area contributed by atoms with E-state index in [0.29, 0.717) is 6.47 Å². The van der Waals surface area contributed by atoms with Gasteiger partial charge in [0.15, 0.2) is 0 Å². The molecule has 11 heavy (non-hydrogen) atoms. The first-order valence-corrected chi connectivity index (χ1v) is 3.78. The van der Waals surface area contributed by atoms with Gasteiger partial charge < -0.3 is 9.64 Å². The Hall–Kier alpha value is -0.830. The van der Waals surface area contributed by atoms with E-state index in [-0.39, 0.29) is 0 Å². The number of hydrogen-bond acceptors (Lipinski definition) is 3. The number of likely N-dealkylation sites (tertiary alicyclic amines) is 1. The second-order valence-electron chi connectivity index (χ2n) is 2.81. The maximum atomic E-state index is 9.83. The third kappa shape index (κ3) is 2.72. The molecule has 1 aliphatic heterocycles. The van der Waals surface area contributed by atoms with Gasteiger partial charge in [-0.05, 0) is 25.5 Å². The molecule has 1 rings (SSSR count). The lowest BCUT2D eigenvalue weighted by Gasteiger charge is -2.23. The van der Waals surface area contributed by atoms with E-state index in [1.54, 1.807) is 6.26 Å². The maximum absolute atomic E-state index is 9.83. The van der Waals surface area contributed by atoms with Gasteiger partial charge in [0.2, 0.25) is 0 Å². The first-order valence-electron chi connectivity index (χ1n) is 3.78. The summed E-state index contributed by atoms with van der Waals surface area (Å²) in [4.78, 5) is 12.1. The van der Waals surface area contributed by atoms with Crippen LogP contribution in [0.5, 0.6) is 0 Å². The number of nitrogens with zero attached hydrogens (tertiary/aromatic N) is 1. The Morgan fingerprint density at radius 1 is 1.45 bits per heavy atom. The number of piperidine rings is 1. The lowest BCUT2D eigenvalue weighted by atomic mass is 10.1. The minimum absolute atomic E-state index is 0.464. The Balaban J connectivity index is 2.32. The van der Waals surface area contributed by atoms with Crippen LogP contribution in [-0.2, 0) is 9.53 Å². The fraction of sp³-hybridized carbons (Fsp3) is 0.625. The van der Waals surface area contributed by atoms with Gasteiger partial charge in [-0.25, -0.2) is 0 Å². The summed E-state index contributed by atoms with van der Waals surface area (Å²) in [5.41, 5.74) is 1.23. The Morgan fingerprint density at radius 2 is 2.09 bits per heavy atom. The molecular weight excluding hydrogens is 142 g/mol. The Bertz CT molecular complexity index is 155. The molecule has 0 bridgehead atoms. The van der Waals surface area contributed by atoms with Gasteiger partial charge in [0.1, 0.15) is 0 Å². The quantitative estimate of drug-likeness (QED) is 0.435. The zero-order valence-corrected chi connectivity index (χ0v) is 6.75. The third-order valence-corrected chi connectivity index (χ3v) is 1.92. The van der Waals surface area contributed by atoms with E-state index in [4.69, 9.17) is 0 Å². The van der Waals surface area contributed by atoms with Gasteiger partial charge >= 0.3 is 0 Å². The van der Waals surface area contributed by atoms with Crippen molar-refractivity contribution in [1.82, 2.24) is 4.90 Å². The standard InChI is InChI=1S/C8H13NO2/c1-9-4-2-8(3-5-9)6-11-7-10/h6-7H,2-5H2,1H3. The number of carbonyl (C=O) groups is 1. The topological polar surface area (TPSA) is 29.5 Å². The summed E-state index contributed by atoms with van der Waals surface area (Å²) in [5, 5.41) is 0. The molecule has 3 heteroatoms. The summed E-state index contributed by atoms with van der Waals surface area (Å²) in [6.45, 7) is 2.59. The second-order valence-corrected chi connectivity index (χ2v) is 2.81. The Morgan fingerprint density at radius 3 is 2.64 bits per heavy atom. The van der Waals surface area contributed by atoms with Gasteiger partial charge in [0, 0.05) is 13.1 Å². The van der Waals surface area contributed by atoms with Crippen molar-refractivity contribution in [2.75, 3.05) is 20.1 Å². The van der Waals surface area contributed by atoms with E-state index >= 15 is 0 Å². The molecule has 1 heterocycles. The van der Waals surface area contributed by atoms with Crippen LogP contribution < -0.4 is 0 Å². The molecule has 0 amide bonds. The fourth-order valence-electron chi connectivity index (χ4n) is 1.15. The normalized spacial score (nSPS) is 19.5. The molecule has 0 N–H and O–H groups in total. The molecule has 0 aromatic rings. The first kappa shape index (κ1) is 8.27. The van der Waals surface area contributed by atoms with Gasteiger partial charge in [-0.1, -0.05) is 0 Å². The Labute approximate surface area is 66.6 Å². The van der Waals surface area contributed by atoms with Crippen LogP contribution in [0.4, 0.5) is 0 Å². The van der Waals surface area contributed by atoms with Crippen molar-refractivity contribution in [2.45, 2.75) is 12.8 Å². The summed E-state index contributed by atoms with van der Waals surface area (Å²) >= 11 is 0. The number of rotatable bonds is 2. The minimum atomic E-state index is 0.464. The lowest BCUT2D eigenvalue weighted by Crippen LogP contribution is -2.26. The molecule has 0 unspecified atom stereocenters. The zero-order chi connectivity index (χ0) is 8.10. The molecule has 1 aliphatic rings. The van der Waals surface area contributed by atoms with Crippen molar-refractivity contribution in [2.24, 2.45) is 0 Å². The van der Waals surface area contributed by atoms with Crippen LogP contribution in [0.15, 0.2) is 11.8 Å². The number of carbonyl (C=O) groups excluding carboxylic acids is 1. The van der Waals surface area contributed by atoms with Gasteiger partial charge in [-0.15, -0.1) is 0 Å². The van der Waals surface area contributed by atoms with E-state index in [2.05, 4.69) is 16.7 Å². The Kier molecular flexibility index (Phi) is 3.11. The van der Waals surface area contributed by atoms with Gasteiger partial charge in [0.05, 0.1) is 6.26 Å². The van der Waals surface area contributed by atoms with Crippen LogP contribution in [0, 0.1) is 0 Å². The number of hydrogen-bond donors (Lipinski definition) is 0. The van der Waals surface area contributed by atoms with Crippen LogP contribution in [0.1, 0.15) is 12.8 Å². The smallest absolute Gasteiger partial charge is 0.297 e. The summed E-state index contributed by atoms with van der Waals surface area (Å²) < 4.78 is 4.55. The molecule has 0 radical (unpaired) electrons. The van der Waals surface area contributed by atoms with Crippen LogP contribution in [0.3, 0.4) is 0 Å². The van der Waals surface area contributed by atoms with Gasteiger partial charge in [-0.2, -0.15) is 0 Å². The lowest BCUT2D eigenvalue weighted by molar-refractivity contribution is -0.123. The summed E-state index contributed by atoms with van der Waals surface area (Å²) in [7, 11) is 2.09. The van der Waals surface area contributed by atoms with E-state index in [1.807, 2.05) is 0 Å². The van der Waals surface area contributed by atoms with E-state index in [1.165, 1.54) is 5.57 Å². The van der Waals surface area contributed by atoms with Crippen LogP contribution in [0.25, 0.3) is 0 Å². The van der Waals surface area contributed by atoms with Crippen molar-refractivity contribution in [3.05, 3.63) is 11.8 Å². The molecule has 62 valence electrons. The largest absolute Gasteiger partial charge is 0.437 e. The van der Waals surface area contributed by atoms with Gasteiger partial charge in [0.25, 0.3) is 6.47 Å². The summed E-state index contributed by atoms with van der Waals surface area (Å²) in [6, 6.07) is 0. The van der Waals surface area contributed by atoms with E-state index < -0.39 is 0 Å². The summed E-state index contributed by atoms with van der Waals surface area (Å²) in [5.74, 6) is 0. The predicted molar refractivity (Wildman–Crippen MR) is 42.0 cm³/mol. The third-order valence-electron chi connectivity index (χ3n) is 1.92. The molecule has 0 aromatic heterocycles. The molecule has 0 spiro atoms. The highest BCUT2D eigenvalue weighted by molar-refractivity contribution is 5.38. The predicted octanol–water partition coefficient (Wildman–Crippen LogP) is 0.769. The SMILES string of the molecule is CN1CCC(=COC=O)CC1. The zero-order valence-electron chi connectivity index (χ0n) is 6.75. The average Bonchev–Trinajstić information content (AvgIpc) is 2.04. The summed E-state index contributed by atoms with van der Waals surface area (Å²) in [6.07, 6.45) is 3.61. The van der Waals surface area contributed by atoms with Crippen molar-refractivity contribution < 1.29 is 9.53 Å². The maximum Gasteiger partial charge on any atom is 0.297 e. The molecule has 3 nitrogen and oxygen atoms in total. The molecule has 0 saturated carbocycles. The van der Waals surface area contributed by atoms with Crippen LogP contribution in [0.2, 0.25) is 0 Å². The van der Waals surface area contributed by atoms with Crippen molar-refractivity contribution in [3.63, 3.8) is 0 Å². The van der Waals surface area contributed by atoms with Crippen LogP contribution >= 0.6 is 0 Å². The van der Waals surface area contributed by atoms with Crippen LogP contribution in [-0.4, -0.2) is 31.5 Å². The number of ether oxygens (including phenoxy) is 1. The fourth-order valence-corrected chi connectivity index (χ4v) is 1.15. The minimum Gasteiger partial charge on any atom is -0.437 e. The molecule has 0 atom stereocenters. The molecule has 0 aromatic carbocycles. The monoisotopic (exact) mass is 155 g/mol. The first-order chi connectivity index (χ1) is 5.33. The molecular formula is C8H13NO2. The second kappa shape index (κ2) is 4.13. The van der Waals surface area contributed by atoms with Gasteiger partial charge in [-0.3, -0.25) is 4.79 Å². The molecule has 0 aliphatic carbocycles. The van der Waals surface area contributed by atoms with Crippen molar-refractivity contribution in [1.29, 1.82) is 0 Å². The highest BCUT2D eigenvalue weighted by atomic mass is 16.5. The van der Waals surface area contributed by atoms with Crippen molar-refractivity contribution >= 4 is 6.47 Å². The highest BCUT2D eigenvalue weighted by Crippen LogP contribution is 2.13. The van der Waals surface area contributed by atoms with E-state index in [0.717, 1.165) is 25.9 Å². The highest BCUT2D eigenvalue weighted by Gasteiger charge is 2.09. The molecule has 1 saturated heterocycles. The van der Waals surface area contributed by atoms with E-state index in [9.17, 15) is 4.79 Å². The molecule has 1 fully saturated rings. The average molecular weight is 155 g/mol. The van der Waals surface area contributed by atoms with Crippen molar-refractivity contribution in [3.8, 4) is 0 Å².